The lowest BCUT2D eigenvalue weighted by molar-refractivity contribution is 0.0859. The predicted molar refractivity (Wildman–Crippen MR) is 63.7 cm³/mol. The fourth-order valence-electron chi connectivity index (χ4n) is 2.13. The predicted octanol–water partition coefficient (Wildman–Crippen LogP) is 3.14. The zero-order chi connectivity index (χ0) is 11.4. The summed E-state index contributed by atoms with van der Waals surface area (Å²) in [6.45, 7) is 2.88. The molecule has 0 saturated carbocycles. The van der Waals surface area contributed by atoms with Crippen LogP contribution in [0.25, 0.3) is 0 Å². The number of Topliss-reactive ketones (excluding diaryl/α,β-unsaturated/α-hetero) is 1. The first-order chi connectivity index (χ1) is 7.75. The summed E-state index contributed by atoms with van der Waals surface area (Å²) in [6.07, 6.45) is 4.04. The van der Waals surface area contributed by atoms with Crippen molar-refractivity contribution in [3.63, 3.8) is 0 Å². The van der Waals surface area contributed by atoms with Gasteiger partial charge in [-0.1, -0.05) is 23.8 Å². The van der Waals surface area contributed by atoms with Crippen molar-refractivity contribution in [2.45, 2.75) is 38.7 Å². The van der Waals surface area contributed by atoms with Crippen molar-refractivity contribution in [3.8, 4) is 0 Å². The van der Waals surface area contributed by atoms with E-state index in [0.29, 0.717) is 12.5 Å². The Hall–Kier alpha value is -1.15. The molecule has 1 aromatic rings. The van der Waals surface area contributed by atoms with Crippen LogP contribution in [0.4, 0.5) is 0 Å². The maximum Gasteiger partial charge on any atom is 0.162 e. The van der Waals surface area contributed by atoms with Crippen LogP contribution in [0.15, 0.2) is 24.3 Å². The molecule has 1 aliphatic heterocycles. The van der Waals surface area contributed by atoms with Crippen molar-refractivity contribution in [2.24, 2.45) is 0 Å². The highest BCUT2D eigenvalue weighted by atomic mass is 16.5. The van der Waals surface area contributed by atoms with Crippen LogP contribution in [0.5, 0.6) is 0 Å². The Balaban J connectivity index is 1.87. The van der Waals surface area contributed by atoms with Gasteiger partial charge in [0.05, 0.1) is 6.10 Å². The fourth-order valence-corrected chi connectivity index (χ4v) is 2.13. The van der Waals surface area contributed by atoms with Crippen molar-refractivity contribution in [3.05, 3.63) is 35.4 Å². The van der Waals surface area contributed by atoms with E-state index in [1.165, 1.54) is 0 Å². The standard InChI is InChI=1S/C14H18O2/c1-11-4-2-5-12(10-11)14(15)8-7-13-6-3-9-16-13/h2,4-5,10,13H,3,6-9H2,1H3. The first-order valence-corrected chi connectivity index (χ1v) is 5.97. The molecule has 16 heavy (non-hydrogen) atoms. The monoisotopic (exact) mass is 218 g/mol. The molecule has 2 heteroatoms. The van der Waals surface area contributed by atoms with Gasteiger partial charge < -0.3 is 4.74 Å². The van der Waals surface area contributed by atoms with Gasteiger partial charge in [0, 0.05) is 18.6 Å². The quantitative estimate of drug-likeness (QED) is 0.726. The van der Waals surface area contributed by atoms with E-state index in [1.54, 1.807) is 0 Å². The van der Waals surface area contributed by atoms with Crippen LogP contribution >= 0.6 is 0 Å². The number of ketones is 1. The molecule has 86 valence electrons. The van der Waals surface area contributed by atoms with Gasteiger partial charge in [0.15, 0.2) is 5.78 Å². The van der Waals surface area contributed by atoms with Gasteiger partial charge >= 0.3 is 0 Å². The van der Waals surface area contributed by atoms with E-state index >= 15 is 0 Å². The summed E-state index contributed by atoms with van der Waals surface area (Å²) >= 11 is 0. The van der Waals surface area contributed by atoms with Crippen LogP contribution in [0.3, 0.4) is 0 Å². The molecule has 1 atom stereocenters. The van der Waals surface area contributed by atoms with E-state index in [0.717, 1.165) is 37.0 Å². The van der Waals surface area contributed by atoms with Crippen LogP contribution in [0.2, 0.25) is 0 Å². The van der Waals surface area contributed by atoms with E-state index in [4.69, 9.17) is 4.74 Å². The zero-order valence-corrected chi connectivity index (χ0v) is 9.74. The third-order valence-electron chi connectivity index (χ3n) is 3.06. The van der Waals surface area contributed by atoms with Gasteiger partial charge in [-0.25, -0.2) is 0 Å². The Kier molecular flexibility index (Phi) is 3.73. The molecule has 1 aromatic carbocycles. The van der Waals surface area contributed by atoms with E-state index in [1.807, 2.05) is 31.2 Å². The van der Waals surface area contributed by atoms with Gasteiger partial charge in [0.1, 0.15) is 0 Å². The lowest BCUT2D eigenvalue weighted by atomic mass is 10.0. The lowest BCUT2D eigenvalue weighted by Crippen LogP contribution is -2.08. The minimum Gasteiger partial charge on any atom is -0.378 e. The molecule has 0 radical (unpaired) electrons. The first-order valence-electron chi connectivity index (χ1n) is 5.97. The fraction of sp³-hybridized carbons (Fsp3) is 0.500. The summed E-state index contributed by atoms with van der Waals surface area (Å²) in [5.41, 5.74) is 1.97. The number of carbonyl (C=O) groups excluding carboxylic acids is 1. The smallest absolute Gasteiger partial charge is 0.162 e. The average Bonchev–Trinajstić information content (AvgIpc) is 2.78. The molecule has 1 fully saturated rings. The number of hydrogen-bond acceptors (Lipinski definition) is 2. The van der Waals surface area contributed by atoms with Crippen molar-refractivity contribution in [1.82, 2.24) is 0 Å². The largest absolute Gasteiger partial charge is 0.378 e. The minimum absolute atomic E-state index is 0.235. The van der Waals surface area contributed by atoms with Crippen LogP contribution < -0.4 is 0 Å². The number of carbonyl (C=O) groups is 1. The van der Waals surface area contributed by atoms with Gasteiger partial charge in [-0.3, -0.25) is 4.79 Å². The van der Waals surface area contributed by atoms with Gasteiger partial charge in [0.25, 0.3) is 0 Å². The van der Waals surface area contributed by atoms with E-state index in [2.05, 4.69) is 0 Å². The molecule has 1 saturated heterocycles. The Morgan fingerprint density at radius 1 is 1.50 bits per heavy atom. The number of ether oxygens (including phenoxy) is 1. The van der Waals surface area contributed by atoms with Gasteiger partial charge in [-0.2, -0.15) is 0 Å². The molecule has 0 bridgehead atoms. The SMILES string of the molecule is Cc1cccc(C(=O)CCC2CCCO2)c1. The van der Waals surface area contributed by atoms with Crippen molar-refractivity contribution < 1.29 is 9.53 Å². The molecule has 1 unspecified atom stereocenters. The van der Waals surface area contributed by atoms with Crippen molar-refractivity contribution >= 4 is 5.78 Å². The summed E-state index contributed by atoms with van der Waals surface area (Å²) in [5.74, 6) is 0.235. The van der Waals surface area contributed by atoms with Gasteiger partial charge in [-0.05, 0) is 32.3 Å². The van der Waals surface area contributed by atoms with Crippen LogP contribution in [-0.2, 0) is 4.74 Å². The normalized spacial score (nSPS) is 19.9. The van der Waals surface area contributed by atoms with E-state index < -0.39 is 0 Å². The van der Waals surface area contributed by atoms with E-state index in [9.17, 15) is 4.79 Å². The maximum atomic E-state index is 11.9. The lowest BCUT2D eigenvalue weighted by Gasteiger charge is -2.08. The minimum atomic E-state index is 0.235. The third kappa shape index (κ3) is 2.92. The first kappa shape index (κ1) is 11.3. The van der Waals surface area contributed by atoms with Gasteiger partial charge in [0.2, 0.25) is 0 Å². The summed E-state index contributed by atoms with van der Waals surface area (Å²) in [4.78, 5) is 11.9. The molecule has 0 aliphatic carbocycles. The van der Waals surface area contributed by atoms with E-state index in [-0.39, 0.29) is 5.78 Å². The van der Waals surface area contributed by atoms with Crippen molar-refractivity contribution in [1.29, 1.82) is 0 Å². The summed E-state index contributed by atoms with van der Waals surface area (Å²) in [5, 5.41) is 0. The highest BCUT2D eigenvalue weighted by Crippen LogP contribution is 2.18. The van der Waals surface area contributed by atoms with Gasteiger partial charge in [-0.15, -0.1) is 0 Å². The molecule has 2 nitrogen and oxygen atoms in total. The van der Waals surface area contributed by atoms with Crippen LogP contribution in [-0.4, -0.2) is 18.5 Å². The molecule has 0 aromatic heterocycles. The van der Waals surface area contributed by atoms with Crippen LogP contribution in [0.1, 0.15) is 41.6 Å². The summed E-state index contributed by atoms with van der Waals surface area (Å²) < 4.78 is 5.51. The van der Waals surface area contributed by atoms with Crippen molar-refractivity contribution in [2.75, 3.05) is 6.61 Å². The highest BCUT2D eigenvalue weighted by molar-refractivity contribution is 5.96. The number of benzene rings is 1. The van der Waals surface area contributed by atoms with Crippen LogP contribution in [0, 0.1) is 6.92 Å². The third-order valence-corrected chi connectivity index (χ3v) is 3.06. The molecule has 0 N–H and O–H groups in total. The maximum absolute atomic E-state index is 11.9. The number of aryl methyl sites for hydroxylation is 1. The topological polar surface area (TPSA) is 26.3 Å². The molecular formula is C14H18O2. The summed E-state index contributed by atoms with van der Waals surface area (Å²) in [7, 11) is 0. The Labute approximate surface area is 96.6 Å². The molecule has 0 spiro atoms. The number of hydrogen-bond donors (Lipinski definition) is 0. The zero-order valence-electron chi connectivity index (χ0n) is 9.74. The highest BCUT2D eigenvalue weighted by Gasteiger charge is 2.17. The molecule has 0 amide bonds. The summed E-state index contributed by atoms with van der Waals surface area (Å²) in [6, 6.07) is 7.80. The second-order valence-corrected chi connectivity index (χ2v) is 4.47. The Bertz CT molecular complexity index is 365. The second kappa shape index (κ2) is 5.26. The second-order valence-electron chi connectivity index (χ2n) is 4.47. The Morgan fingerprint density at radius 3 is 3.06 bits per heavy atom. The molecule has 1 aliphatic rings. The number of rotatable bonds is 4. The molecule has 2 rings (SSSR count). The molecule has 1 heterocycles. The Morgan fingerprint density at radius 2 is 2.38 bits per heavy atom. The average molecular weight is 218 g/mol. The molecular weight excluding hydrogens is 200 g/mol.